The van der Waals surface area contributed by atoms with Crippen molar-refractivity contribution in [3.63, 3.8) is 0 Å². The standard InChI is InChI=1S/C22H28N4O2S/c1-14-15(2)26(12-17-5-4-9-28-17)22(19(14)11-23)24-21(27)13-25-8-6-20-18(16(25)3)7-10-29-20/h7,10,16-17H,4-6,8-9,12-13H2,1-3H3,(H,24,27)/p+1/t16-,17-/m0/s1. The summed E-state index contributed by atoms with van der Waals surface area (Å²) in [4.78, 5) is 15.7. The molecule has 0 aliphatic carbocycles. The number of carbonyl (C=O) groups excluding carboxylic acids is 1. The minimum Gasteiger partial charge on any atom is -0.376 e. The van der Waals surface area contributed by atoms with E-state index < -0.39 is 0 Å². The quantitative estimate of drug-likeness (QED) is 0.791. The van der Waals surface area contributed by atoms with E-state index >= 15 is 0 Å². The fourth-order valence-electron chi connectivity index (χ4n) is 4.62. The molecular formula is C22H29N4O2S+. The number of anilines is 1. The number of nitriles is 1. The minimum absolute atomic E-state index is 0.0341. The van der Waals surface area contributed by atoms with Crippen molar-refractivity contribution in [3.8, 4) is 6.07 Å². The molecule has 0 aromatic carbocycles. The molecule has 0 saturated carbocycles. The SMILES string of the molecule is Cc1c(C#N)c(NC(=O)C[NH+]2CCc3sccc3[C@@H]2C)n(C[C@@H]2CCCO2)c1C. The summed E-state index contributed by atoms with van der Waals surface area (Å²) in [5.74, 6) is 0.594. The van der Waals surface area contributed by atoms with Crippen LogP contribution >= 0.6 is 11.3 Å². The topological polar surface area (TPSA) is 71.5 Å². The number of ether oxygens (including phenoxy) is 1. The second-order valence-corrected chi connectivity index (χ2v) is 9.20. The predicted octanol–water partition coefficient (Wildman–Crippen LogP) is 2.36. The van der Waals surface area contributed by atoms with Crippen LogP contribution in [0.4, 0.5) is 5.82 Å². The highest BCUT2D eigenvalue weighted by Crippen LogP contribution is 2.28. The van der Waals surface area contributed by atoms with Crippen LogP contribution < -0.4 is 10.2 Å². The fraction of sp³-hybridized carbons (Fsp3) is 0.545. The molecule has 2 aliphatic heterocycles. The molecule has 154 valence electrons. The third-order valence-electron chi connectivity index (χ3n) is 6.53. The van der Waals surface area contributed by atoms with Gasteiger partial charge in [0.25, 0.3) is 5.91 Å². The van der Waals surface area contributed by atoms with E-state index in [-0.39, 0.29) is 12.0 Å². The fourth-order valence-corrected chi connectivity index (χ4v) is 5.60. The first-order chi connectivity index (χ1) is 14.0. The Morgan fingerprint density at radius 3 is 3.03 bits per heavy atom. The van der Waals surface area contributed by atoms with Gasteiger partial charge in [0.05, 0.1) is 24.8 Å². The molecule has 1 unspecified atom stereocenters. The Morgan fingerprint density at radius 2 is 2.31 bits per heavy atom. The predicted molar refractivity (Wildman–Crippen MR) is 113 cm³/mol. The lowest BCUT2D eigenvalue weighted by Crippen LogP contribution is -3.14. The molecule has 1 saturated heterocycles. The maximum atomic E-state index is 13.0. The molecule has 2 aromatic rings. The van der Waals surface area contributed by atoms with Gasteiger partial charge >= 0.3 is 0 Å². The lowest BCUT2D eigenvalue weighted by Gasteiger charge is -2.30. The van der Waals surface area contributed by atoms with Gasteiger partial charge < -0.3 is 19.5 Å². The largest absolute Gasteiger partial charge is 0.376 e. The molecule has 0 bridgehead atoms. The van der Waals surface area contributed by atoms with E-state index in [4.69, 9.17) is 4.74 Å². The highest BCUT2D eigenvalue weighted by Gasteiger charge is 2.31. The summed E-state index contributed by atoms with van der Waals surface area (Å²) in [7, 11) is 0. The number of nitrogens with zero attached hydrogens (tertiary/aromatic N) is 2. The molecule has 6 nitrogen and oxygen atoms in total. The van der Waals surface area contributed by atoms with Crippen LogP contribution in [-0.2, 0) is 22.5 Å². The van der Waals surface area contributed by atoms with Gasteiger partial charge in [-0.2, -0.15) is 5.26 Å². The van der Waals surface area contributed by atoms with E-state index in [0.29, 0.717) is 30.5 Å². The first kappa shape index (κ1) is 20.1. The zero-order valence-corrected chi connectivity index (χ0v) is 18.2. The molecule has 3 atom stereocenters. The van der Waals surface area contributed by atoms with E-state index in [1.807, 2.05) is 25.2 Å². The average molecular weight is 414 g/mol. The summed E-state index contributed by atoms with van der Waals surface area (Å²) < 4.78 is 7.86. The van der Waals surface area contributed by atoms with Crippen molar-refractivity contribution in [3.05, 3.63) is 38.7 Å². The summed E-state index contributed by atoms with van der Waals surface area (Å²) in [6.07, 6.45) is 3.26. The van der Waals surface area contributed by atoms with Crippen LogP contribution in [0.5, 0.6) is 0 Å². The maximum absolute atomic E-state index is 13.0. The van der Waals surface area contributed by atoms with E-state index in [9.17, 15) is 10.1 Å². The van der Waals surface area contributed by atoms with Crippen molar-refractivity contribution in [2.45, 2.75) is 58.7 Å². The lowest BCUT2D eigenvalue weighted by molar-refractivity contribution is -0.923. The molecule has 29 heavy (non-hydrogen) atoms. The summed E-state index contributed by atoms with van der Waals surface area (Å²) in [5.41, 5.74) is 3.89. The zero-order valence-electron chi connectivity index (χ0n) is 17.4. The van der Waals surface area contributed by atoms with E-state index in [0.717, 1.165) is 43.7 Å². The molecular weight excluding hydrogens is 384 g/mol. The van der Waals surface area contributed by atoms with E-state index in [1.165, 1.54) is 15.3 Å². The normalized spacial score (nSPS) is 23.6. The number of nitrogens with one attached hydrogen (secondary N) is 2. The number of fused-ring (bicyclic) bond motifs is 1. The van der Waals surface area contributed by atoms with Crippen LogP contribution in [0, 0.1) is 25.2 Å². The maximum Gasteiger partial charge on any atom is 0.280 e. The van der Waals surface area contributed by atoms with Crippen LogP contribution in [0.3, 0.4) is 0 Å². The zero-order chi connectivity index (χ0) is 20.5. The summed E-state index contributed by atoms with van der Waals surface area (Å²) in [6.45, 7) is 8.99. The van der Waals surface area contributed by atoms with Crippen molar-refractivity contribution < 1.29 is 14.4 Å². The third-order valence-corrected chi connectivity index (χ3v) is 7.53. The van der Waals surface area contributed by atoms with Crippen LogP contribution in [0.2, 0.25) is 0 Å². The number of rotatable bonds is 5. The number of quaternary nitrogens is 1. The van der Waals surface area contributed by atoms with Gasteiger partial charge in [-0.25, -0.2) is 0 Å². The molecule has 4 heterocycles. The Labute approximate surface area is 176 Å². The number of thiophene rings is 1. The molecule has 2 aliphatic rings. The van der Waals surface area contributed by atoms with Gasteiger partial charge in [0.1, 0.15) is 17.9 Å². The minimum atomic E-state index is -0.0341. The molecule has 1 fully saturated rings. The number of amides is 1. The number of hydrogen-bond donors (Lipinski definition) is 2. The molecule has 4 rings (SSSR count). The van der Waals surface area contributed by atoms with Crippen molar-refractivity contribution in [2.24, 2.45) is 0 Å². The Bertz CT molecular complexity index is 949. The van der Waals surface area contributed by atoms with Gasteiger partial charge in [-0.15, -0.1) is 11.3 Å². The van der Waals surface area contributed by atoms with Crippen molar-refractivity contribution in [1.82, 2.24) is 4.57 Å². The molecule has 2 aromatic heterocycles. The van der Waals surface area contributed by atoms with Gasteiger partial charge in [-0.3, -0.25) is 4.79 Å². The van der Waals surface area contributed by atoms with Crippen molar-refractivity contribution in [2.75, 3.05) is 25.0 Å². The molecule has 7 heteroatoms. The van der Waals surface area contributed by atoms with Crippen LogP contribution in [0.1, 0.15) is 53.1 Å². The first-order valence-corrected chi connectivity index (χ1v) is 11.3. The summed E-state index contributed by atoms with van der Waals surface area (Å²) >= 11 is 1.81. The lowest BCUT2D eigenvalue weighted by atomic mass is 10.0. The van der Waals surface area contributed by atoms with Crippen molar-refractivity contribution >= 4 is 23.1 Å². The Kier molecular flexibility index (Phi) is 5.77. The van der Waals surface area contributed by atoms with Gasteiger partial charge in [-0.05, 0) is 50.6 Å². The Hall–Kier alpha value is -2.14. The smallest absolute Gasteiger partial charge is 0.280 e. The first-order valence-electron chi connectivity index (χ1n) is 10.4. The molecule has 0 radical (unpaired) electrons. The van der Waals surface area contributed by atoms with Gasteiger partial charge in [0, 0.05) is 29.2 Å². The summed E-state index contributed by atoms with van der Waals surface area (Å²) in [5, 5.41) is 14.9. The second-order valence-electron chi connectivity index (χ2n) is 8.20. The highest BCUT2D eigenvalue weighted by molar-refractivity contribution is 7.10. The number of hydrogen-bond acceptors (Lipinski definition) is 4. The van der Waals surface area contributed by atoms with Crippen LogP contribution in [0.25, 0.3) is 0 Å². The van der Waals surface area contributed by atoms with E-state index in [2.05, 4.69) is 34.3 Å². The van der Waals surface area contributed by atoms with Crippen LogP contribution in [0.15, 0.2) is 11.4 Å². The Balaban J connectivity index is 1.52. The van der Waals surface area contributed by atoms with Gasteiger partial charge in [0.2, 0.25) is 0 Å². The molecule has 0 spiro atoms. The summed E-state index contributed by atoms with van der Waals surface area (Å²) in [6, 6.07) is 4.80. The van der Waals surface area contributed by atoms with Gasteiger partial charge in [0.15, 0.2) is 6.54 Å². The number of carbonyl (C=O) groups is 1. The highest BCUT2D eigenvalue weighted by atomic mass is 32.1. The molecule has 2 N–H and O–H groups in total. The van der Waals surface area contributed by atoms with Crippen LogP contribution in [-0.4, -0.2) is 36.3 Å². The third kappa shape index (κ3) is 3.85. The van der Waals surface area contributed by atoms with Gasteiger partial charge in [-0.1, -0.05) is 0 Å². The average Bonchev–Trinajstić information content (AvgIpc) is 3.42. The monoisotopic (exact) mass is 413 g/mol. The van der Waals surface area contributed by atoms with E-state index in [1.54, 1.807) is 0 Å². The second kappa shape index (κ2) is 8.31. The van der Waals surface area contributed by atoms with Crippen molar-refractivity contribution in [1.29, 1.82) is 5.26 Å². The number of aromatic nitrogens is 1. The Morgan fingerprint density at radius 1 is 1.48 bits per heavy atom. The molecule has 1 amide bonds.